The zero-order valence-corrected chi connectivity index (χ0v) is 21.7. The molecule has 0 radical (unpaired) electrons. The number of rotatable bonds is 5. The van der Waals surface area contributed by atoms with E-state index in [1.807, 2.05) is 22.6 Å². The molecule has 0 saturated heterocycles. The largest absolute Gasteiger partial charge is 0.493 e. The zero-order valence-electron chi connectivity index (χ0n) is 17.3. The predicted octanol–water partition coefficient (Wildman–Crippen LogP) is 6.82. The summed E-state index contributed by atoms with van der Waals surface area (Å²) in [6.45, 7) is 0. The Morgan fingerprint density at radius 1 is 1.06 bits per heavy atom. The molecule has 4 rings (SSSR count). The summed E-state index contributed by atoms with van der Waals surface area (Å²) in [5.74, 6) is -0.674. The van der Waals surface area contributed by atoms with Crippen LogP contribution < -0.4 is 9.47 Å². The fourth-order valence-corrected chi connectivity index (χ4v) is 4.48. The van der Waals surface area contributed by atoms with Crippen LogP contribution in [0.25, 0.3) is 6.08 Å². The number of hydrogen-bond acceptors (Lipinski definition) is 6. The second-order valence-corrected chi connectivity index (χ2v) is 9.28. The van der Waals surface area contributed by atoms with Crippen molar-refractivity contribution in [3.8, 4) is 11.5 Å². The van der Waals surface area contributed by atoms with Crippen LogP contribution in [0, 0.1) is 3.57 Å². The van der Waals surface area contributed by atoms with Gasteiger partial charge in [-0.2, -0.15) is 0 Å². The molecule has 3 aromatic carbocycles. The van der Waals surface area contributed by atoms with E-state index < -0.39 is 11.9 Å². The van der Waals surface area contributed by atoms with Crippen molar-refractivity contribution in [3.63, 3.8) is 0 Å². The maximum Gasteiger partial charge on any atom is 0.363 e. The van der Waals surface area contributed by atoms with Gasteiger partial charge in [0.05, 0.1) is 31.9 Å². The number of hydrogen-bond donors (Lipinski definition) is 0. The smallest absolute Gasteiger partial charge is 0.363 e. The molecule has 172 valence electrons. The van der Waals surface area contributed by atoms with E-state index in [1.165, 1.54) is 19.3 Å². The molecule has 0 spiro atoms. The van der Waals surface area contributed by atoms with Crippen LogP contribution in [0.2, 0.25) is 15.1 Å². The molecule has 6 nitrogen and oxygen atoms in total. The third-order valence-electron chi connectivity index (χ3n) is 4.63. The number of carbonyl (C=O) groups is 2. The maximum atomic E-state index is 12.6. The van der Waals surface area contributed by atoms with Gasteiger partial charge < -0.3 is 14.2 Å². The Morgan fingerprint density at radius 2 is 1.82 bits per heavy atom. The molecule has 0 fully saturated rings. The number of nitrogens with zero attached hydrogens (tertiary/aromatic N) is 1. The van der Waals surface area contributed by atoms with Gasteiger partial charge in [0.1, 0.15) is 0 Å². The molecule has 10 heteroatoms. The van der Waals surface area contributed by atoms with Crippen LogP contribution in [0.5, 0.6) is 11.5 Å². The quantitative estimate of drug-likeness (QED) is 0.134. The lowest BCUT2D eigenvalue weighted by Crippen LogP contribution is -2.11. The van der Waals surface area contributed by atoms with E-state index in [0.29, 0.717) is 24.7 Å². The molecule has 1 heterocycles. The van der Waals surface area contributed by atoms with Gasteiger partial charge in [0.15, 0.2) is 17.2 Å². The Morgan fingerprint density at radius 3 is 2.53 bits per heavy atom. The van der Waals surface area contributed by atoms with Gasteiger partial charge in [0, 0.05) is 5.02 Å². The summed E-state index contributed by atoms with van der Waals surface area (Å²) in [6.07, 6.45) is 1.53. The van der Waals surface area contributed by atoms with E-state index in [0.717, 1.165) is 0 Å². The van der Waals surface area contributed by atoms with Gasteiger partial charge in [-0.15, -0.1) is 0 Å². The lowest BCUT2D eigenvalue weighted by molar-refractivity contribution is -0.129. The monoisotopic (exact) mass is 627 g/mol. The van der Waals surface area contributed by atoms with Gasteiger partial charge in [0.2, 0.25) is 5.90 Å². The number of carbonyl (C=O) groups excluding carboxylic acids is 2. The van der Waals surface area contributed by atoms with Gasteiger partial charge in [-0.1, -0.05) is 46.9 Å². The molecule has 1 aliphatic rings. The summed E-state index contributed by atoms with van der Waals surface area (Å²) in [6, 6.07) is 14.7. The minimum absolute atomic E-state index is 0.0691. The summed E-state index contributed by atoms with van der Waals surface area (Å²) in [5.41, 5.74) is 1.32. The molecule has 0 bridgehead atoms. The van der Waals surface area contributed by atoms with Gasteiger partial charge in [-0.05, 0) is 76.7 Å². The second-order valence-electron chi connectivity index (χ2n) is 6.86. The molecule has 0 aromatic heterocycles. The normalized spacial score (nSPS) is 14.1. The fraction of sp³-hybridized carbons (Fsp3) is 0.0417. The molecular formula is C24H13Cl3INO5. The first-order chi connectivity index (χ1) is 16.3. The molecule has 34 heavy (non-hydrogen) atoms. The minimum Gasteiger partial charge on any atom is -0.493 e. The van der Waals surface area contributed by atoms with Crippen molar-refractivity contribution in [2.75, 3.05) is 7.11 Å². The van der Waals surface area contributed by atoms with Gasteiger partial charge in [0.25, 0.3) is 0 Å². The van der Waals surface area contributed by atoms with Crippen LogP contribution in [0.3, 0.4) is 0 Å². The Kier molecular flexibility index (Phi) is 7.47. The Balaban J connectivity index is 1.65. The first kappa shape index (κ1) is 24.5. The molecule has 3 aromatic rings. The molecule has 0 saturated carbocycles. The highest BCUT2D eigenvalue weighted by atomic mass is 127. The number of halogens is 4. The minimum atomic E-state index is -0.635. The van der Waals surface area contributed by atoms with Crippen molar-refractivity contribution < 1.29 is 23.8 Å². The number of aliphatic imine (C=N–C) groups is 1. The first-order valence-corrected chi connectivity index (χ1v) is 11.8. The number of methoxy groups -OCH3 is 1. The molecule has 0 aliphatic carbocycles. The fourth-order valence-electron chi connectivity index (χ4n) is 3.04. The maximum absolute atomic E-state index is 12.6. The van der Waals surface area contributed by atoms with E-state index in [2.05, 4.69) is 4.99 Å². The topological polar surface area (TPSA) is 74.2 Å². The molecule has 0 N–H and O–H groups in total. The van der Waals surface area contributed by atoms with Crippen LogP contribution in [0.1, 0.15) is 21.5 Å². The number of benzene rings is 3. The lowest BCUT2D eigenvalue weighted by Gasteiger charge is -2.13. The molecular weight excluding hydrogens is 616 g/mol. The summed E-state index contributed by atoms with van der Waals surface area (Å²) in [5, 5.41) is 1.03. The molecule has 0 amide bonds. The van der Waals surface area contributed by atoms with Gasteiger partial charge in [-0.3, -0.25) is 0 Å². The Bertz CT molecular complexity index is 1390. The predicted molar refractivity (Wildman–Crippen MR) is 139 cm³/mol. The van der Waals surface area contributed by atoms with Crippen molar-refractivity contribution in [1.82, 2.24) is 0 Å². The molecule has 1 aliphatic heterocycles. The number of esters is 2. The highest BCUT2D eigenvalue weighted by Gasteiger charge is 2.26. The highest BCUT2D eigenvalue weighted by Crippen LogP contribution is 2.36. The van der Waals surface area contributed by atoms with Crippen LogP contribution in [-0.4, -0.2) is 24.9 Å². The van der Waals surface area contributed by atoms with Crippen molar-refractivity contribution in [3.05, 3.63) is 95.6 Å². The number of cyclic esters (lactones) is 1. The average molecular weight is 629 g/mol. The van der Waals surface area contributed by atoms with E-state index in [4.69, 9.17) is 49.0 Å². The summed E-state index contributed by atoms with van der Waals surface area (Å²) < 4.78 is 16.8. The average Bonchev–Trinajstić information content (AvgIpc) is 3.15. The number of ether oxygens (including phenoxy) is 3. The van der Waals surface area contributed by atoms with Gasteiger partial charge >= 0.3 is 11.9 Å². The van der Waals surface area contributed by atoms with Crippen LogP contribution >= 0.6 is 57.4 Å². The molecule has 0 atom stereocenters. The third-order valence-corrected chi connectivity index (χ3v) is 6.30. The summed E-state index contributed by atoms with van der Waals surface area (Å²) in [7, 11) is 1.44. The van der Waals surface area contributed by atoms with Crippen molar-refractivity contribution in [2.24, 2.45) is 4.99 Å². The third kappa shape index (κ3) is 5.22. The van der Waals surface area contributed by atoms with Crippen molar-refractivity contribution >= 4 is 81.3 Å². The van der Waals surface area contributed by atoms with Crippen LogP contribution in [0.4, 0.5) is 0 Å². The van der Waals surface area contributed by atoms with E-state index in [-0.39, 0.29) is 33.7 Å². The van der Waals surface area contributed by atoms with E-state index >= 15 is 0 Å². The van der Waals surface area contributed by atoms with Crippen molar-refractivity contribution in [2.45, 2.75) is 0 Å². The van der Waals surface area contributed by atoms with Crippen molar-refractivity contribution in [1.29, 1.82) is 0 Å². The second kappa shape index (κ2) is 10.4. The highest BCUT2D eigenvalue weighted by molar-refractivity contribution is 14.1. The van der Waals surface area contributed by atoms with Gasteiger partial charge in [-0.25, -0.2) is 14.6 Å². The standard InChI is InChI=1S/C24H13Cl3INO5/c1-32-20-10-12(8-18(28)21(20)33-23(30)15-4-2-3-5-16(15)26)9-19-24(31)34-22(29-19)14-7-6-13(25)11-17(14)27/h2-11H,1H3/b19-9-. The first-order valence-electron chi connectivity index (χ1n) is 9.59. The van der Waals surface area contributed by atoms with E-state index in [1.54, 1.807) is 48.5 Å². The van der Waals surface area contributed by atoms with E-state index in [9.17, 15) is 9.59 Å². The SMILES string of the molecule is COc1cc(/C=C2\N=C(c3ccc(Cl)cc3Cl)OC2=O)cc(I)c1OC(=O)c1ccccc1Cl. The Labute approximate surface area is 223 Å². The zero-order chi connectivity index (χ0) is 24.4. The van der Waals surface area contributed by atoms with Crippen LogP contribution in [0.15, 0.2) is 65.3 Å². The Hall–Kier alpha value is -2.59. The molecule has 0 unspecified atom stereocenters. The lowest BCUT2D eigenvalue weighted by atomic mass is 10.1. The summed E-state index contributed by atoms with van der Waals surface area (Å²) in [4.78, 5) is 29.3. The summed E-state index contributed by atoms with van der Waals surface area (Å²) >= 11 is 20.2. The van der Waals surface area contributed by atoms with Crippen LogP contribution in [-0.2, 0) is 9.53 Å².